The second-order valence-electron chi connectivity index (χ2n) is 23.5. The molecule has 4 aromatic rings. The van der Waals surface area contributed by atoms with Crippen molar-refractivity contribution < 1.29 is 71.6 Å². The number of para-hydroxylation sites is 1. The molecule has 85 heavy (non-hydrogen) atoms. The molecule has 1 aliphatic heterocycles. The summed E-state index contributed by atoms with van der Waals surface area (Å²) in [5.74, 6) is -4.01. The van der Waals surface area contributed by atoms with Gasteiger partial charge in [-0.3, -0.25) is 24.0 Å². The van der Waals surface area contributed by atoms with Crippen LogP contribution in [0.25, 0.3) is 11.1 Å². The number of alkyl carbamates (subject to hydrolysis) is 3. The Morgan fingerprint density at radius 1 is 0.647 bits per heavy atom. The summed E-state index contributed by atoms with van der Waals surface area (Å²) in [4.78, 5) is 126. The maximum Gasteiger partial charge on any atom is 0.407 e. The molecule has 23 nitrogen and oxygen atoms in total. The molecule has 0 aliphatic carbocycles. The van der Waals surface area contributed by atoms with Crippen LogP contribution < -0.4 is 51.4 Å². The minimum Gasteiger partial charge on any atom is -0.491 e. The monoisotopic (exact) mass is 1180 g/mol. The van der Waals surface area contributed by atoms with E-state index < -0.39 is 101 Å². The fourth-order valence-electron chi connectivity index (χ4n) is 8.63. The van der Waals surface area contributed by atoms with E-state index in [1.165, 1.54) is 27.0 Å². The third-order valence-corrected chi connectivity index (χ3v) is 12.5. The smallest absolute Gasteiger partial charge is 0.407 e. The van der Waals surface area contributed by atoms with Crippen molar-refractivity contribution in [2.45, 2.75) is 150 Å². The highest BCUT2D eigenvalue weighted by molar-refractivity contribution is 6.00. The third-order valence-electron chi connectivity index (χ3n) is 12.5. The van der Waals surface area contributed by atoms with Gasteiger partial charge in [-0.25, -0.2) is 19.2 Å². The highest BCUT2D eigenvalue weighted by atomic mass is 16.6. The number of amides is 8. The van der Waals surface area contributed by atoms with Crippen molar-refractivity contribution in [3.8, 4) is 28.4 Å². The van der Waals surface area contributed by atoms with Gasteiger partial charge in [0.1, 0.15) is 77.5 Å². The van der Waals surface area contributed by atoms with Gasteiger partial charge in [-0.2, -0.15) is 0 Å². The molecule has 23 heteroatoms. The molecule has 7 N–H and O–H groups in total. The Balaban J connectivity index is 1.66. The Bertz CT molecular complexity index is 3060. The van der Waals surface area contributed by atoms with Gasteiger partial charge in [0.25, 0.3) is 5.91 Å². The standard InChI is InChI=1S/C62H82N8O15/c1-36-20-23-43(37(2)32-36)52(72)68-46(26-27-63-57(77)83-60(5,6)7)55(75)70(14)50-41-22-25-49(81-31-29-65-59(79)85-62(11,12)13)45(35-41)44-33-40(21-24-48(44)80-30-28-64-58(78)84-61(8,9)10)34-47(69-51(71)38(3)66-54(50)74)53(73)67-39(4)56(76)82-42-18-16-15-17-19-42/h15-25,32-33,35,38-39,46-47,50H,26-31,34H2,1-14H3,(H,63,77)(H,64,78)(H,65,79)(H,66,74)(H,67,73)(H,68,72)(H,69,71)/t38-,39-,46-,47-,50-/m0/s1. The van der Waals surface area contributed by atoms with Crippen molar-refractivity contribution in [1.82, 2.24) is 42.1 Å². The van der Waals surface area contributed by atoms with E-state index >= 15 is 9.59 Å². The summed E-state index contributed by atoms with van der Waals surface area (Å²) in [7, 11) is 1.35. The number of nitrogens with zero attached hydrogens (tertiary/aromatic N) is 1. The number of nitrogens with one attached hydrogen (secondary N) is 7. The lowest BCUT2D eigenvalue weighted by Gasteiger charge is -2.33. The summed E-state index contributed by atoms with van der Waals surface area (Å²) in [6.45, 7) is 21.4. The summed E-state index contributed by atoms with van der Waals surface area (Å²) in [6, 6.07) is 16.1. The molecule has 0 spiro atoms. The van der Waals surface area contributed by atoms with Gasteiger partial charge in [0, 0.05) is 36.7 Å². The molecular weight excluding hydrogens is 1100 g/mol. The topological polar surface area (TPSA) is 296 Å². The molecule has 0 saturated carbocycles. The van der Waals surface area contributed by atoms with Crippen LogP contribution in [0.1, 0.15) is 121 Å². The molecule has 5 rings (SSSR count). The van der Waals surface area contributed by atoms with Gasteiger partial charge < -0.3 is 70.5 Å². The largest absolute Gasteiger partial charge is 0.491 e. The van der Waals surface area contributed by atoms with Crippen LogP contribution in [0.3, 0.4) is 0 Å². The van der Waals surface area contributed by atoms with Crippen molar-refractivity contribution in [1.29, 1.82) is 0 Å². The first kappa shape index (κ1) is 66.9. The Morgan fingerprint density at radius 3 is 1.74 bits per heavy atom. The Morgan fingerprint density at radius 2 is 1.19 bits per heavy atom. The van der Waals surface area contributed by atoms with Gasteiger partial charge in [-0.1, -0.05) is 48.0 Å². The molecule has 5 atom stereocenters. The predicted molar refractivity (Wildman–Crippen MR) is 316 cm³/mol. The van der Waals surface area contributed by atoms with Crippen LogP contribution in [0.15, 0.2) is 84.9 Å². The quantitative estimate of drug-likeness (QED) is 0.0224. The van der Waals surface area contributed by atoms with Crippen molar-refractivity contribution in [3.05, 3.63) is 113 Å². The number of rotatable bonds is 19. The normalized spacial score (nSPS) is 16.0. The van der Waals surface area contributed by atoms with Crippen LogP contribution >= 0.6 is 0 Å². The average Bonchev–Trinajstić information content (AvgIpc) is 2.02. The summed E-state index contributed by atoms with van der Waals surface area (Å²) in [5.41, 5.74) is 0.600. The lowest BCUT2D eigenvalue weighted by molar-refractivity contribution is -0.141. The van der Waals surface area contributed by atoms with E-state index in [0.717, 1.165) is 10.5 Å². The molecular formula is C62H82N8O15. The minimum atomic E-state index is -1.59. The average molecular weight is 1180 g/mol. The summed E-state index contributed by atoms with van der Waals surface area (Å²) < 4.78 is 34.5. The second-order valence-corrected chi connectivity index (χ2v) is 23.5. The Labute approximate surface area is 496 Å². The molecule has 0 saturated heterocycles. The molecule has 4 aromatic carbocycles. The Kier molecular flexibility index (Phi) is 23.3. The van der Waals surface area contributed by atoms with Gasteiger partial charge in [0.05, 0.1) is 13.1 Å². The van der Waals surface area contributed by atoms with Crippen LogP contribution in [0.5, 0.6) is 17.2 Å². The number of hydrogen-bond donors (Lipinski definition) is 7. The van der Waals surface area contributed by atoms with Crippen molar-refractivity contribution in [2.24, 2.45) is 0 Å². The van der Waals surface area contributed by atoms with E-state index in [0.29, 0.717) is 16.7 Å². The first-order valence-electron chi connectivity index (χ1n) is 28.0. The van der Waals surface area contributed by atoms with Gasteiger partial charge in [0.15, 0.2) is 0 Å². The first-order valence-corrected chi connectivity index (χ1v) is 28.0. The number of fused-ring (bicyclic) bond motifs is 5. The molecule has 0 aromatic heterocycles. The molecule has 1 aliphatic rings. The molecule has 460 valence electrons. The molecule has 0 unspecified atom stereocenters. The Hall–Kier alpha value is -8.89. The van der Waals surface area contributed by atoms with E-state index in [9.17, 15) is 33.6 Å². The van der Waals surface area contributed by atoms with E-state index in [-0.39, 0.29) is 79.6 Å². The molecule has 8 amide bonds. The number of likely N-dealkylation sites (N-methyl/N-ethyl adjacent to an activating group) is 1. The number of esters is 1. The van der Waals surface area contributed by atoms with Crippen molar-refractivity contribution in [2.75, 3.05) is 39.9 Å². The fourth-order valence-corrected chi connectivity index (χ4v) is 8.63. The van der Waals surface area contributed by atoms with Gasteiger partial charge in [-0.15, -0.1) is 0 Å². The van der Waals surface area contributed by atoms with Gasteiger partial charge in [-0.05, 0) is 156 Å². The highest BCUT2D eigenvalue weighted by Gasteiger charge is 2.37. The van der Waals surface area contributed by atoms with E-state index in [2.05, 4.69) is 37.2 Å². The lowest BCUT2D eigenvalue weighted by atomic mass is 9.93. The van der Waals surface area contributed by atoms with Crippen molar-refractivity contribution in [3.63, 3.8) is 0 Å². The van der Waals surface area contributed by atoms with Gasteiger partial charge >= 0.3 is 24.2 Å². The maximum absolute atomic E-state index is 15.2. The number of ether oxygens (including phenoxy) is 6. The molecule has 0 fully saturated rings. The number of carbonyl (C=O) groups excluding carboxylic acids is 9. The lowest BCUT2D eigenvalue weighted by Crippen LogP contribution is -2.57. The van der Waals surface area contributed by atoms with Crippen LogP contribution in [0.4, 0.5) is 14.4 Å². The SMILES string of the molecule is Cc1ccc(C(=O)N[C@@H](CCNC(=O)OC(C)(C)C)C(=O)N(C)[C@@H]2C(=O)N[C@@H](C)C(=O)N[C@H](C(=O)N[C@@H](C)C(=O)Oc3ccccc3)Cc3ccc(OCCNC(=O)OC(C)(C)C)c(c3)-c3cc2ccc3OCCNC(=O)OC(C)(C)C)c(C)c1. The van der Waals surface area contributed by atoms with E-state index in [1.807, 2.05) is 13.0 Å². The fraction of sp³-hybridized carbons (Fsp3) is 0.468. The number of carbonyl (C=O) groups is 9. The number of hydrogen-bond acceptors (Lipinski definition) is 15. The van der Waals surface area contributed by atoms with Crippen LogP contribution in [-0.4, -0.2) is 140 Å². The first-order chi connectivity index (χ1) is 39.8. The van der Waals surface area contributed by atoms with Crippen LogP contribution in [0.2, 0.25) is 0 Å². The van der Waals surface area contributed by atoms with E-state index in [4.69, 9.17) is 28.4 Å². The summed E-state index contributed by atoms with van der Waals surface area (Å²) in [6.07, 6.45) is -2.50. The maximum atomic E-state index is 15.2. The van der Waals surface area contributed by atoms with E-state index in [1.54, 1.807) is 142 Å². The number of aryl methyl sites for hydroxylation is 2. The summed E-state index contributed by atoms with van der Waals surface area (Å²) >= 11 is 0. The van der Waals surface area contributed by atoms with Crippen LogP contribution in [-0.2, 0) is 44.6 Å². The summed E-state index contributed by atoms with van der Waals surface area (Å²) in [5, 5.41) is 18.9. The molecule has 0 radical (unpaired) electrons. The van der Waals surface area contributed by atoms with Gasteiger partial charge in [0.2, 0.25) is 23.6 Å². The minimum absolute atomic E-state index is 0.0170. The third kappa shape index (κ3) is 21.4. The highest BCUT2D eigenvalue weighted by Crippen LogP contribution is 2.40. The zero-order valence-corrected chi connectivity index (χ0v) is 51.0. The predicted octanol–water partition coefficient (Wildman–Crippen LogP) is 6.65. The zero-order valence-electron chi connectivity index (χ0n) is 51.0. The number of benzene rings is 4. The van der Waals surface area contributed by atoms with Crippen LogP contribution in [0, 0.1) is 13.8 Å². The van der Waals surface area contributed by atoms with Crippen molar-refractivity contribution >= 4 is 53.8 Å². The zero-order chi connectivity index (χ0) is 63.0. The molecule has 1 heterocycles. The molecule has 4 bridgehead atoms. The second kappa shape index (κ2) is 29.6.